The van der Waals surface area contributed by atoms with E-state index in [4.69, 9.17) is 10.8 Å². The third-order valence-corrected chi connectivity index (χ3v) is 3.29. The normalized spacial score (nSPS) is 14.2. The van der Waals surface area contributed by atoms with E-state index in [-0.39, 0.29) is 17.7 Å². The second-order valence-electron chi connectivity index (χ2n) is 4.85. The molecule has 0 saturated carbocycles. The molecule has 0 unspecified atom stereocenters. The van der Waals surface area contributed by atoms with Gasteiger partial charge in [0.25, 0.3) is 0 Å². The van der Waals surface area contributed by atoms with Crippen molar-refractivity contribution < 1.29 is 4.39 Å². The van der Waals surface area contributed by atoms with Gasteiger partial charge in [0.05, 0.1) is 0 Å². The smallest absolute Gasteiger partial charge is 0.197 e. The molecule has 0 aromatic heterocycles. The van der Waals surface area contributed by atoms with Crippen molar-refractivity contribution in [3.8, 4) is 0 Å². The second-order valence-corrected chi connectivity index (χ2v) is 4.85. The lowest BCUT2D eigenvalue weighted by Gasteiger charge is -2.20. The molecule has 4 N–H and O–H groups in total. The number of hydrogen-bond donors (Lipinski definition) is 4. The van der Waals surface area contributed by atoms with Crippen LogP contribution < -0.4 is 10.6 Å². The molecule has 20 heavy (non-hydrogen) atoms. The number of guanidine groups is 2. The molecule has 1 heterocycles. The van der Waals surface area contributed by atoms with E-state index in [0.29, 0.717) is 13.0 Å². The Hall–Kier alpha value is -2.11. The van der Waals surface area contributed by atoms with Crippen LogP contribution in [0.2, 0.25) is 0 Å². The highest BCUT2D eigenvalue weighted by Crippen LogP contribution is 2.06. The fourth-order valence-corrected chi connectivity index (χ4v) is 2.17. The zero-order valence-corrected chi connectivity index (χ0v) is 11.4. The Bertz CT molecular complexity index is 465. The summed E-state index contributed by atoms with van der Waals surface area (Å²) in [6.07, 6.45) is 2.92. The summed E-state index contributed by atoms with van der Waals surface area (Å²) in [5.74, 6) is 0.168. The Morgan fingerprint density at radius 1 is 1.15 bits per heavy atom. The van der Waals surface area contributed by atoms with Crippen LogP contribution in [0.25, 0.3) is 0 Å². The Labute approximate surface area is 118 Å². The summed E-state index contributed by atoms with van der Waals surface area (Å²) in [7, 11) is 0. The summed E-state index contributed by atoms with van der Waals surface area (Å²) >= 11 is 0. The number of hydrogen-bond acceptors (Lipinski definition) is 2. The minimum atomic E-state index is -0.241. The first-order valence-corrected chi connectivity index (χ1v) is 6.82. The standard InChI is InChI=1S/C14H20FN5/c15-12-5-3-11(4-6-12)7-8-18-13(16)19-14(17)20-9-1-2-10-20/h3-6H,1-2,7-10H2,(H4,16,17,18,19). The fraction of sp³-hybridized carbons (Fsp3) is 0.429. The van der Waals surface area contributed by atoms with Gasteiger partial charge in [-0.2, -0.15) is 0 Å². The van der Waals surface area contributed by atoms with Crippen LogP contribution in [-0.2, 0) is 6.42 Å². The lowest BCUT2D eigenvalue weighted by Crippen LogP contribution is -2.47. The molecule has 1 saturated heterocycles. The van der Waals surface area contributed by atoms with Gasteiger partial charge in [0.15, 0.2) is 11.9 Å². The predicted molar refractivity (Wildman–Crippen MR) is 77.5 cm³/mol. The Balaban J connectivity index is 1.67. The topological polar surface area (TPSA) is 75.0 Å². The van der Waals surface area contributed by atoms with Crippen molar-refractivity contribution in [1.82, 2.24) is 15.5 Å². The van der Waals surface area contributed by atoms with Crippen molar-refractivity contribution in [2.75, 3.05) is 19.6 Å². The fourth-order valence-electron chi connectivity index (χ4n) is 2.17. The molecule has 0 spiro atoms. The van der Waals surface area contributed by atoms with Crippen molar-refractivity contribution in [2.24, 2.45) is 0 Å². The molecule has 0 atom stereocenters. The van der Waals surface area contributed by atoms with E-state index in [1.165, 1.54) is 12.1 Å². The highest BCUT2D eigenvalue weighted by Gasteiger charge is 2.15. The van der Waals surface area contributed by atoms with Crippen LogP contribution in [-0.4, -0.2) is 36.5 Å². The molecule has 6 heteroatoms. The molecule has 1 aromatic rings. The van der Waals surface area contributed by atoms with Gasteiger partial charge in [0.1, 0.15) is 5.82 Å². The molecule has 5 nitrogen and oxygen atoms in total. The molecule has 0 radical (unpaired) electrons. The Morgan fingerprint density at radius 3 is 2.45 bits per heavy atom. The van der Waals surface area contributed by atoms with E-state index in [9.17, 15) is 4.39 Å². The molecule has 0 bridgehead atoms. The van der Waals surface area contributed by atoms with Crippen molar-refractivity contribution >= 4 is 11.9 Å². The average molecular weight is 277 g/mol. The zero-order valence-electron chi connectivity index (χ0n) is 11.4. The molecular formula is C14H20FN5. The SMILES string of the molecule is N=C(NCCc1ccc(F)cc1)NC(=N)N1CCCC1. The van der Waals surface area contributed by atoms with E-state index >= 15 is 0 Å². The molecular weight excluding hydrogens is 257 g/mol. The van der Waals surface area contributed by atoms with E-state index < -0.39 is 0 Å². The summed E-state index contributed by atoms with van der Waals surface area (Å²) < 4.78 is 12.7. The van der Waals surface area contributed by atoms with Gasteiger partial charge in [-0.05, 0) is 37.0 Å². The minimum Gasteiger partial charge on any atom is -0.356 e. The molecule has 1 aromatic carbocycles. The number of benzene rings is 1. The summed E-state index contributed by atoms with van der Waals surface area (Å²) in [5, 5.41) is 21.2. The molecule has 108 valence electrons. The van der Waals surface area contributed by atoms with E-state index in [2.05, 4.69) is 10.6 Å². The van der Waals surface area contributed by atoms with Gasteiger partial charge in [0.2, 0.25) is 0 Å². The van der Waals surface area contributed by atoms with Gasteiger partial charge in [0, 0.05) is 19.6 Å². The number of rotatable bonds is 3. The Morgan fingerprint density at radius 2 is 1.80 bits per heavy atom. The summed E-state index contributed by atoms with van der Waals surface area (Å²) in [4.78, 5) is 1.93. The monoisotopic (exact) mass is 277 g/mol. The first kappa shape index (κ1) is 14.3. The quantitative estimate of drug-likeness (QED) is 0.500. The molecule has 1 aliphatic rings. The van der Waals surface area contributed by atoms with E-state index in [1.807, 2.05) is 4.90 Å². The number of likely N-dealkylation sites (tertiary alicyclic amines) is 1. The van der Waals surface area contributed by atoms with Crippen molar-refractivity contribution in [1.29, 1.82) is 10.8 Å². The van der Waals surface area contributed by atoms with Gasteiger partial charge in [-0.3, -0.25) is 16.1 Å². The number of nitrogens with one attached hydrogen (secondary N) is 4. The van der Waals surface area contributed by atoms with Crippen molar-refractivity contribution in [3.05, 3.63) is 35.6 Å². The Kier molecular flexibility index (Phi) is 4.92. The van der Waals surface area contributed by atoms with Crippen LogP contribution in [0.1, 0.15) is 18.4 Å². The van der Waals surface area contributed by atoms with Crippen LogP contribution >= 0.6 is 0 Å². The maximum atomic E-state index is 12.7. The van der Waals surface area contributed by atoms with Crippen LogP contribution in [0, 0.1) is 16.6 Å². The van der Waals surface area contributed by atoms with E-state index in [0.717, 1.165) is 31.5 Å². The summed E-state index contributed by atoms with van der Waals surface area (Å²) in [6, 6.07) is 6.34. The average Bonchev–Trinajstić information content (AvgIpc) is 2.95. The molecule has 0 aliphatic carbocycles. The second kappa shape index (κ2) is 6.88. The molecule has 1 aliphatic heterocycles. The highest BCUT2D eigenvalue weighted by atomic mass is 19.1. The van der Waals surface area contributed by atoms with Crippen LogP contribution in [0.5, 0.6) is 0 Å². The van der Waals surface area contributed by atoms with Crippen molar-refractivity contribution in [3.63, 3.8) is 0 Å². The molecule has 0 amide bonds. The zero-order chi connectivity index (χ0) is 14.4. The third-order valence-electron chi connectivity index (χ3n) is 3.29. The largest absolute Gasteiger partial charge is 0.356 e. The van der Waals surface area contributed by atoms with Gasteiger partial charge in [-0.15, -0.1) is 0 Å². The minimum absolute atomic E-state index is 0.129. The highest BCUT2D eigenvalue weighted by molar-refractivity contribution is 5.95. The maximum Gasteiger partial charge on any atom is 0.197 e. The lowest BCUT2D eigenvalue weighted by molar-refractivity contribution is 0.501. The van der Waals surface area contributed by atoms with E-state index in [1.54, 1.807) is 12.1 Å². The first-order chi connectivity index (χ1) is 9.65. The third kappa shape index (κ3) is 4.22. The van der Waals surface area contributed by atoms with Crippen LogP contribution in [0.4, 0.5) is 4.39 Å². The summed E-state index contributed by atoms with van der Waals surface area (Å²) in [6.45, 7) is 2.34. The van der Waals surface area contributed by atoms with Crippen molar-refractivity contribution in [2.45, 2.75) is 19.3 Å². The van der Waals surface area contributed by atoms with Gasteiger partial charge < -0.3 is 10.2 Å². The molecule has 2 rings (SSSR count). The summed E-state index contributed by atoms with van der Waals surface area (Å²) in [5.41, 5.74) is 1.02. The van der Waals surface area contributed by atoms with Crippen LogP contribution in [0.15, 0.2) is 24.3 Å². The van der Waals surface area contributed by atoms with Gasteiger partial charge in [-0.25, -0.2) is 4.39 Å². The number of halogens is 1. The molecule has 1 fully saturated rings. The number of nitrogens with zero attached hydrogens (tertiary/aromatic N) is 1. The van der Waals surface area contributed by atoms with Crippen LogP contribution in [0.3, 0.4) is 0 Å². The predicted octanol–water partition coefficient (Wildman–Crippen LogP) is 1.51. The maximum absolute atomic E-state index is 12.7. The van der Waals surface area contributed by atoms with Gasteiger partial charge in [-0.1, -0.05) is 12.1 Å². The first-order valence-electron chi connectivity index (χ1n) is 6.82. The van der Waals surface area contributed by atoms with Gasteiger partial charge >= 0.3 is 0 Å². The lowest BCUT2D eigenvalue weighted by atomic mass is 10.1.